The predicted molar refractivity (Wildman–Crippen MR) is 69.9 cm³/mol. The number of carboxylic acids is 1. The standard InChI is InChI=1S/C15H20O3/c1-18-12-4-2-3-5-13-6-8-14(9-7-13)10-11-15(16)17/h6-11H,2-5,12H2,1H3,(H,16,17)/p-1/b11-10+. The topological polar surface area (TPSA) is 49.4 Å². The van der Waals surface area contributed by atoms with Gasteiger partial charge in [-0.2, -0.15) is 0 Å². The summed E-state index contributed by atoms with van der Waals surface area (Å²) in [5, 5.41) is 10.3. The molecule has 0 radical (unpaired) electrons. The zero-order valence-electron chi connectivity index (χ0n) is 10.7. The number of unbranched alkanes of at least 4 members (excludes halogenated alkanes) is 2. The molecule has 98 valence electrons. The summed E-state index contributed by atoms with van der Waals surface area (Å²) in [6.45, 7) is 0.826. The van der Waals surface area contributed by atoms with Crippen LogP contribution in [0.3, 0.4) is 0 Å². The van der Waals surface area contributed by atoms with Crippen LogP contribution in [0.15, 0.2) is 30.3 Å². The number of hydrogen-bond donors (Lipinski definition) is 0. The molecule has 1 aromatic rings. The molecule has 3 heteroatoms. The molecular formula is C15H19O3-. The van der Waals surface area contributed by atoms with E-state index in [1.807, 2.05) is 24.3 Å². The molecule has 18 heavy (non-hydrogen) atoms. The molecule has 0 aromatic heterocycles. The highest BCUT2D eigenvalue weighted by Crippen LogP contribution is 2.10. The minimum atomic E-state index is -1.17. The SMILES string of the molecule is COCCCCCc1ccc(/C=C/C(=O)[O-])cc1. The lowest BCUT2D eigenvalue weighted by atomic mass is 10.1. The molecule has 0 aliphatic carbocycles. The van der Waals surface area contributed by atoms with E-state index < -0.39 is 5.97 Å². The van der Waals surface area contributed by atoms with Crippen molar-refractivity contribution in [2.75, 3.05) is 13.7 Å². The molecule has 1 rings (SSSR count). The lowest BCUT2D eigenvalue weighted by molar-refractivity contribution is -0.297. The Balaban J connectivity index is 2.34. The van der Waals surface area contributed by atoms with E-state index in [4.69, 9.17) is 4.74 Å². The van der Waals surface area contributed by atoms with E-state index >= 15 is 0 Å². The summed E-state index contributed by atoms with van der Waals surface area (Å²) < 4.78 is 5.00. The maximum atomic E-state index is 10.3. The maximum Gasteiger partial charge on any atom is 0.0643 e. The van der Waals surface area contributed by atoms with Gasteiger partial charge in [0.2, 0.25) is 0 Å². The summed E-state index contributed by atoms with van der Waals surface area (Å²) in [6, 6.07) is 7.91. The van der Waals surface area contributed by atoms with Gasteiger partial charge in [0, 0.05) is 13.7 Å². The zero-order valence-corrected chi connectivity index (χ0v) is 10.7. The van der Waals surface area contributed by atoms with E-state index in [1.165, 1.54) is 18.1 Å². The van der Waals surface area contributed by atoms with Gasteiger partial charge in [-0.05, 0) is 36.5 Å². The molecule has 0 amide bonds. The first-order valence-electron chi connectivity index (χ1n) is 6.19. The lowest BCUT2D eigenvalue weighted by Crippen LogP contribution is -2.18. The number of ether oxygens (including phenoxy) is 1. The van der Waals surface area contributed by atoms with Crippen molar-refractivity contribution in [2.45, 2.75) is 25.7 Å². The lowest BCUT2D eigenvalue weighted by Gasteiger charge is -2.02. The third-order valence-corrected chi connectivity index (χ3v) is 2.71. The van der Waals surface area contributed by atoms with Crippen molar-refractivity contribution in [2.24, 2.45) is 0 Å². The van der Waals surface area contributed by atoms with Crippen LogP contribution in [0.4, 0.5) is 0 Å². The van der Waals surface area contributed by atoms with Crippen molar-refractivity contribution in [3.05, 3.63) is 41.5 Å². The number of hydrogen-bond acceptors (Lipinski definition) is 3. The predicted octanol–water partition coefficient (Wildman–Crippen LogP) is 1.81. The van der Waals surface area contributed by atoms with E-state index in [-0.39, 0.29) is 0 Å². The molecule has 0 aliphatic rings. The molecule has 1 aromatic carbocycles. The molecule has 0 atom stereocenters. The Labute approximate surface area is 108 Å². The second-order valence-electron chi connectivity index (χ2n) is 4.20. The molecule has 0 fully saturated rings. The third kappa shape index (κ3) is 6.21. The monoisotopic (exact) mass is 247 g/mol. The van der Waals surface area contributed by atoms with Gasteiger partial charge in [-0.1, -0.05) is 36.8 Å². The van der Waals surface area contributed by atoms with Crippen molar-refractivity contribution in [3.63, 3.8) is 0 Å². The van der Waals surface area contributed by atoms with Gasteiger partial charge < -0.3 is 14.6 Å². The van der Waals surface area contributed by atoms with Crippen molar-refractivity contribution in [1.82, 2.24) is 0 Å². The normalized spacial score (nSPS) is 10.9. The van der Waals surface area contributed by atoms with Gasteiger partial charge in [-0.15, -0.1) is 0 Å². The van der Waals surface area contributed by atoms with Gasteiger partial charge in [-0.3, -0.25) is 0 Å². The van der Waals surface area contributed by atoms with E-state index in [9.17, 15) is 9.90 Å². The zero-order chi connectivity index (χ0) is 13.2. The minimum absolute atomic E-state index is 0.826. The Morgan fingerprint density at radius 3 is 2.56 bits per heavy atom. The molecule has 0 aliphatic heterocycles. The highest BCUT2D eigenvalue weighted by molar-refractivity contribution is 5.83. The quantitative estimate of drug-likeness (QED) is 0.520. The Bertz CT molecular complexity index is 379. The summed E-state index contributed by atoms with van der Waals surface area (Å²) in [5.41, 5.74) is 2.15. The summed E-state index contributed by atoms with van der Waals surface area (Å²) >= 11 is 0. The first-order chi connectivity index (χ1) is 8.72. The van der Waals surface area contributed by atoms with Crippen LogP contribution in [-0.2, 0) is 16.0 Å². The second-order valence-corrected chi connectivity index (χ2v) is 4.20. The number of carboxylic acid groups (broad SMARTS) is 1. The maximum absolute atomic E-state index is 10.3. The number of aliphatic carboxylic acids is 1. The summed E-state index contributed by atoms with van der Waals surface area (Å²) in [4.78, 5) is 10.3. The Morgan fingerprint density at radius 1 is 1.22 bits per heavy atom. The molecule has 0 unspecified atom stereocenters. The molecule has 0 N–H and O–H groups in total. The van der Waals surface area contributed by atoms with Crippen molar-refractivity contribution in [3.8, 4) is 0 Å². The molecule has 0 spiro atoms. The van der Waals surface area contributed by atoms with Crippen LogP contribution in [0.25, 0.3) is 6.08 Å². The second kappa shape index (κ2) is 8.48. The molecule has 0 saturated carbocycles. The molecule has 3 nitrogen and oxygen atoms in total. The summed E-state index contributed by atoms with van der Waals surface area (Å²) in [7, 11) is 1.72. The molecule has 0 heterocycles. The van der Waals surface area contributed by atoms with Crippen molar-refractivity contribution < 1.29 is 14.6 Å². The number of benzene rings is 1. The highest BCUT2D eigenvalue weighted by Gasteiger charge is 1.94. The van der Waals surface area contributed by atoms with Gasteiger partial charge in [-0.25, -0.2) is 0 Å². The third-order valence-electron chi connectivity index (χ3n) is 2.71. The number of carbonyl (C=O) groups excluding carboxylic acids is 1. The average Bonchev–Trinajstić information content (AvgIpc) is 2.37. The van der Waals surface area contributed by atoms with E-state index in [0.717, 1.165) is 37.5 Å². The fraction of sp³-hybridized carbons (Fsp3) is 0.400. The number of carbonyl (C=O) groups is 1. The smallest absolute Gasteiger partial charge is 0.0643 e. The van der Waals surface area contributed by atoms with Crippen LogP contribution < -0.4 is 5.11 Å². The Hall–Kier alpha value is -1.61. The highest BCUT2D eigenvalue weighted by atomic mass is 16.5. The van der Waals surface area contributed by atoms with Gasteiger partial charge in [0.05, 0.1) is 5.97 Å². The van der Waals surface area contributed by atoms with Crippen LogP contribution in [0.5, 0.6) is 0 Å². The number of rotatable bonds is 8. The van der Waals surface area contributed by atoms with Gasteiger partial charge >= 0.3 is 0 Å². The van der Waals surface area contributed by atoms with E-state index in [2.05, 4.69) is 0 Å². The number of methoxy groups -OCH3 is 1. The van der Waals surface area contributed by atoms with Crippen molar-refractivity contribution >= 4 is 12.0 Å². The van der Waals surface area contributed by atoms with Crippen LogP contribution in [0.2, 0.25) is 0 Å². The first-order valence-corrected chi connectivity index (χ1v) is 6.19. The number of aryl methyl sites for hydroxylation is 1. The van der Waals surface area contributed by atoms with Crippen LogP contribution >= 0.6 is 0 Å². The summed E-state index contributed by atoms with van der Waals surface area (Å²) in [5.74, 6) is -1.17. The minimum Gasteiger partial charge on any atom is -0.545 e. The first kappa shape index (κ1) is 14.5. The van der Waals surface area contributed by atoms with E-state index in [0.29, 0.717) is 0 Å². The molecular weight excluding hydrogens is 228 g/mol. The van der Waals surface area contributed by atoms with E-state index in [1.54, 1.807) is 7.11 Å². The van der Waals surface area contributed by atoms with Gasteiger partial charge in [0.25, 0.3) is 0 Å². The van der Waals surface area contributed by atoms with Crippen LogP contribution in [0.1, 0.15) is 30.4 Å². The fourth-order valence-corrected chi connectivity index (χ4v) is 1.71. The van der Waals surface area contributed by atoms with Crippen LogP contribution in [-0.4, -0.2) is 19.7 Å². The van der Waals surface area contributed by atoms with Crippen LogP contribution in [0, 0.1) is 0 Å². The van der Waals surface area contributed by atoms with Gasteiger partial charge in [0.1, 0.15) is 0 Å². The Kier molecular flexibility index (Phi) is 6.81. The van der Waals surface area contributed by atoms with Gasteiger partial charge in [0.15, 0.2) is 0 Å². The Morgan fingerprint density at radius 2 is 1.94 bits per heavy atom. The summed E-state index contributed by atoms with van der Waals surface area (Å²) in [6.07, 6.45) is 7.05. The largest absolute Gasteiger partial charge is 0.545 e. The van der Waals surface area contributed by atoms with Crippen molar-refractivity contribution in [1.29, 1.82) is 0 Å². The average molecular weight is 247 g/mol. The fourth-order valence-electron chi connectivity index (χ4n) is 1.71. The molecule has 0 saturated heterocycles. The molecule has 0 bridgehead atoms.